The number of phosphoric acid groups is 1. The highest BCUT2D eigenvalue weighted by atomic mass is 31.2. The fraction of sp³-hybridized carbons (Fsp3) is 0.857. The van der Waals surface area contributed by atoms with E-state index < -0.39 is 26.5 Å². The van der Waals surface area contributed by atoms with Crippen LogP contribution in [0.5, 0.6) is 0 Å². The summed E-state index contributed by atoms with van der Waals surface area (Å²) >= 11 is 0. The number of allylic oxidation sites excluding steroid dienone is 4. The van der Waals surface area contributed by atoms with Crippen molar-refractivity contribution in [2.75, 3.05) is 47.5 Å². The van der Waals surface area contributed by atoms with Crippen LogP contribution in [0.15, 0.2) is 24.3 Å². The van der Waals surface area contributed by atoms with E-state index in [1.165, 1.54) is 89.9 Å². The van der Waals surface area contributed by atoms with Gasteiger partial charge in [0.2, 0.25) is 0 Å². The molecule has 0 saturated heterocycles. The first-order chi connectivity index (χ1) is 25.0. The Kier molecular flexibility index (Phi) is 34.2. The van der Waals surface area contributed by atoms with Crippen molar-refractivity contribution in [3.8, 4) is 0 Å². The Bertz CT molecular complexity index is 949. The van der Waals surface area contributed by atoms with E-state index in [0.29, 0.717) is 17.4 Å². The molecule has 0 spiro atoms. The van der Waals surface area contributed by atoms with Gasteiger partial charge in [-0.1, -0.05) is 147 Å². The van der Waals surface area contributed by atoms with Gasteiger partial charge in [-0.3, -0.25) is 18.6 Å². The lowest BCUT2D eigenvalue weighted by atomic mass is 10.0. The van der Waals surface area contributed by atoms with Crippen LogP contribution in [0.25, 0.3) is 0 Å². The minimum atomic E-state index is -4.37. The van der Waals surface area contributed by atoms with Gasteiger partial charge in [-0.05, 0) is 44.9 Å². The molecule has 0 aromatic carbocycles. The van der Waals surface area contributed by atoms with Gasteiger partial charge in [0.25, 0.3) is 0 Å². The molecule has 52 heavy (non-hydrogen) atoms. The molecule has 10 heteroatoms. The Morgan fingerprint density at radius 1 is 0.596 bits per heavy atom. The largest absolute Gasteiger partial charge is 0.472 e. The van der Waals surface area contributed by atoms with Crippen molar-refractivity contribution in [3.63, 3.8) is 0 Å². The molecule has 0 amide bonds. The molecule has 0 aromatic heterocycles. The molecule has 1 unspecified atom stereocenters. The number of esters is 2. The van der Waals surface area contributed by atoms with Gasteiger partial charge < -0.3 is 18.9 Å². The van der Waals surface area contributed by atoms with E-state index in [2.05, 4.69) is 38.2 Å². The lowest BCUT2D eigenvalue weighted by Gasteiger charge is -2.24. The number of carbonyl (C=O) groups excluding carboxylic acids is 2. The Hall–Kier alpha value is -1.51. The second-order valence-corrected chi connectivity index (χ2v) is 16.8. The maximum Gasteiger partial charge on any atom is 0.472 e. The van der Waals surface area contributed by atoms with Crippen molar-refractivity contribution in [1.82, 2.24) is 0 Å². The molecule has 0 heterocycles. The summed E-state index contributed by atoms with van der Waals surface area (Å²) in [7, 11) is 1.47. The molecule has 2 atom stereocenters. The summed E-state index contributed by atoms with van der Waals surface area (Å²) in [6.07, 6.45) is 36.4. The van der Waals surface area contributed by atoms with Gasteiger partial charge in [-0.15, -0.1) is 0 Å². The Morgan fingerprint density at radius 2 is 1.04 bits per heavy atom. The van der Waals surface area contributed by atoms with Crippen molar-refractivity contribution in [2.45, 2.75) is 187 Å². The van der Waals surface area contributed by atoms with E-state index in [0.717, 1.165) is 57.8 Å². The van der Waals surface area contributed by atoms with E-state index >= 15 is 0 Å². The molecule has 0 aromatic rings. The summed E-state index contributed by atoms with van der Waals surface area (Å²) in [4.78, 5) is 35.3. The maximum absolute atomic E-state index is 12.6. The fourth-order valence-electron chi connectivity index (χ4n) is 5.63. The number of hydrogen-bond acceptors (Lipinski definition) is 7. The minimum absolute atomic E-state index is 0.0304. The molecule has 0 aliphatic heterocycles. The van der Waals surface area contributed by atoms with Crippen LogP contribution in [0.3, 0.4) is 0 Å². The lowest BCUT2D eigenvalue weighted by molar-refractivity contribution is -0.870. The van der Waals surface area contributed by atoms with E-state index in [9.17, 15) is 19.0 Å². The third-order valence-electron chi connectivity index (χ3n) is 8.98. The van der Waals surface area contributed by atoms with Crippen molar-refractivity contribution in [1.29, 1.82) is 0 Å². The molecule has 0 fully saturated rings. The summed E-state index contributed by atoms with van der Waals surface area (Å²) in [5.74, 6) is -0.810. The molecular weight excluding hydrogens is 677 g/mol. The zero-order valence-electron chi connectivity index (χ0n) is 34.3. The summed E-state index contributed by atoms with van der Waals surface area (Å²) in [5, 5.41) is 0. The molecule has 0 saturated carbocycles. The Balaban J connectivity index is 4.41. The van der Waals surface area contributed by atoms with Gasteiger partial charge in [0, 0.05) is 12.8 Å². The summed E-state index contributed by atoms with van der Waals surface area (Å²) < 4.78 is 34.2. The third kappa shape index (κ3) is 38.2. The molecule has 0 rings (SSSR count). The smallest absolute Gasteiger partial charge is 0.462 e. The predicted molar refractivity (Wildman–Crippen MR) is 215 cm³/mol. The van der Waals surface area contributed by atoms with Crippen molar-refractivity contribution in [2.24, 2.45) is 0 Å². The molecule has 0 bridgehead atoms. The van der Waals surface area contributed by atoms with E-state index in [1.807, 2.05) is 21.1 Å². The molecule has 0 aliphatic carbocycles. The molecule has 9 nitrogen and oxygen atoms in total. The average Bonchev–Trinajstić information content (AvgIpc) is 3.09. The number of quaternary nitrogens is 1. The number of ether oxygens (including phenoxy) is 2. The number of phosphoric ester groups is 1. The molecule has 306 valence electrons. The van der Waals surface area contributed by atoms with Crippen molar-refractivity contribution in [3.05, 3.63) is 24.3 Å². The van der Waals surface area contributed by atoms with Crippen LogP contribution in [-0.2, 0) is 32.7 Å². The van der Waals surface area contributed by atoms with Gasteiger partial charge in [-0.2, -0.15) is 0 Å². The van der Waals surface area contributed by atoms with Crippen LogP contribution in [0.4, 0.5) is 0 Å². The van der Waals surface area contributed by atoms with Crippen molar-refractivity contribution >= 4 is 19.8 Å². The second-order valence-electron chi connectivity index (χ2n) is 15.4. The molecule has 1 N–H and O–H groups in total. The first-order valence-electron chi connectivity index (χ1n) is 21.1. The SMILES string of the molecule is CCCCC/C=C/C/C=C/CCCCCCCC(=O)O[C@@H](COC(=O)CCCCCCCCCCCCCCC)COP(=O)(O)OCC[N+](C)(C)C. The Labute approximate surface area is 319 Å². The number of unbranched alkanes of at least 4 members (excludes halogenated alkanes) is 20. The third-order valence-corrected chi connectivity index (χ3v) is 9.97. The highest BCUT2D eigenvalue weighted by Gasteiger charge is 2.27. The number of nitrogens with zero attached hydrogens (tertiary/aromatic N) is 1. The normalized spacial score (nSPS) is 13.9. The number of carbonyl (C=O) groups is 2. The van der Waals surface area contributed by atoms with E-state index in [-0.39, 0.29) is 32.0 Å². The first kappa shape index (κ1) is 50.5. The van der Waals surface area contributed by atoms with E-state index in [1.54, 1.807) is 0 Å². The quantitative estimate of drug-likeness (QED) is 0.0218. The van der Waals surface area contributed by atoms with Crippen LogP contribution in [0, 0.1) is 0 Å². The van der Waals surface area contributed by atoms with Crippen LogP contribution in [0.1, 0.15) is 181 Å². The average molecular weight is 759 g/mol. The minimum Gasteiger partial charge on any atom is -0.462 e. The predicted octanol–water partition coefficient (Wildman–Crippen LogP) is 11.6. The summed E-state index contributed by atoms with van der Waals surface area (Å²) in [6, 6.07) is 0. The highest BCUT2D eigenvalue weighted by Crippen LogP contribution is 2.43. The number of rotatable bonds is 38. The van der Waals surface area contributed by atoms with Gasteiger partial charge in [0.05, 0.1) is 27.7 Å². The van der Waals surface area contributed by atoms with Crippen LogP contribution in [-0.4, -0.2) is 74.9 Å². The second kappa shape index (κ2) is 35.2. The van der Waals surface area contributed by atoms with Crippen LogP contribution >= 0.6 is 7.82 Å². The zero-order valence-corrected chi connectivity index (χ0v) is 35.2. The molecule has 0 radical (unpaired) electrons. The zero-order chi connectivity index (χ0) is 38.6. The fourth-order valence-corrected chi connectivity index (χ4v) is 6.37. The van der Waals surface area contributed by atoms with E-state index in [4.69, 9.17) is 18.5 Å². The van der Waals surface area contributed by atoms with Crippen LogP contribution in [0.2, 0.25) is 0 Å². The van der Waals surface area contributed by atoms with Crippen molar-refractivity contribution < 1.29 is 42.1 Å². The van der Waals surface area contributed by atoms with Crippen LogP contribution < -0.4 is 0 Å². The highest BCUT2D eigenvalue weighted by molar-refractivity contribution is 7.47. The monoisotopic (exact) mass is 759 g/mol. The summed E-state index contributed by atoms with van der Waals surface area (Å²) in [6.45, 7) is 4.38. The number of likely N-dealkylation sites (N-methyl/N-ethyl adjacent to an activating group) is 1. The number of hydrogen-bond donors (Lipinski definition) is 1. The van der Waals surface area contributed by atoms with Gasteiger partial charge in [-0.25, -0.2) is 4.57 Å². The van der Waals surface area contributed by atoms with Gasteiger partial charge in [0.15, 0.2) is 6.10 Å². The lowest BCUT2D eigenvalue weighted by Crippen LogP contribution is -2.37. The topological polar surface area (TPSA) is 108 Å². The standard InChI is InChI=1S/C42H80NO8P/c1-6-8-10-12-14-16-18-20-21-23-25-27-29-31-33-35-42(45)51-40(39-50-52(46,47)49-37-36-43(3,4)5)38-48-41(44)34-32-30-28-26-24-22-19-17-15-13-11-9-7-2/h14,16,20-21,40H,6-13,15,17-19,22-39H2,1-5H3/p+1/b16-14+,21-20+/t40-/m0/s1. The first-order valence-corrected chi connectivity index (χ1v) is 22.6. The molecule has 0 aliphatic rings. The van der Waals surface area contributed by atoms with Gasteiger partial charge in [0.1, 0.15) is 19.8 Å². The molecular formula is C42H81NO8P+. The van der Waals surface area contributed by atoms with Gasteiger partial charge >= 0.3 is 19.8 Å². The Morgan fingerprint density at radius 3 is 1.56 bits per heavy atom. The summed E-state index contributed by atoms with van der Waals surface area (Å²) in [5.41, 5.74) is 0. The maximum atomic E-state index is 12.6.